The van der Waals surface area contributed by atoms with Crippen molar-refractivity contribution < 1.29 is 13.2 Å². The summed E-state index contributed by atoms with van der Waals surface area (Å²) in [5, 5.41) is 6.88. The lowest BCUT2D eigenvalue weighted by atomic mass is 10.2. The quantitative estimate of drug-likeness (QED) is 0.476. The molecule has 8 heteroatoms. The molecule has 0 aliphatic heterocycles. The fraction of sp³-hybridized carbons (Fsp3) is 0.0667. The summed E-state index contributed by atoms with van der Waals surface area (Å²) in [6.45, 7) is 0. The first-order valence-corrected chi connectivity index (χ1v) is 7.17. The maximum Gasteiger partial charge on any atom is 0.418 e. The molecule has 2 N–H and O–H groups in total. The minimum absolute atomic E-state index is 0.0492. The van der Waals surface area contributed by atoms with Crippen LogP contribution in [0.4, 0.5) is 18.9 Å². The number of alkyl halides is 3. The molecule has 0 saturated carbocycles. The lowest BCUT2D eigenvalue weighted by molar-refractivity contribution is -0.136. The highest BCUT2D eigenvalue weighted by Gasteiger charge is 2.33. The molecule has 2 rings (SSSR count). The fourth-order valence-corrected chi connectivity index (χ4v) is 1.99. The number of anilines is 1. The zero-order valence-electron chi connectivity index (χ0n) is 11.6. The summed E-state index contributed by atoms with van der Waals surface area (Å²) in [5.74, 6) is 0. The van der Waals surface area contributed by atoms with Crippen molar-refractivity contribution in [2.75, 3.05) is 5.32 Å². The molecule has 2 aromatic rings. The fourth-order valence-electron chi connectivity index (χ4n) is 1.70. The first-order chi connectivity index (χ1) is 10.9. The maximum atomic E-state index is 12.9. The second-order valence-corrected chi connectivity index (χ2v) is 5.26. The van der Waals surface area contributed by atoms with Crippen molar-refractivity contribution in [1.29, 1.82) is 0 Å². The van der Waals surface area contributed by atoms with Gasteiger partial charge in [0, 0.05) is 5.02 Å². The second-order valence-electron chi connectivity index (χ2n) is 4.42. The van der Waals surface area contributed by atoms with Gasteiger partial charge in [0.15, 0.2) is 5.11 Å². The third kappa shape index (κ3) is 5.22. The van der Waals surface area contributed by atoms with Gasteiger partial charge in [-0.15, -0.1) is 0 Å². The van der Waals surface area contributed by atoms with Gasteiger partial charge in [0.25, 0.3) is 0 Å². The maximum absolute atomic E-state index is 12.9. The largest absolute Gasteiger partial charge is 0.418 e. The van der Waals surface area contributed by atoms with Crippen LogP contribution in [0.25, 0.3) is 0 Å². The number of rotatable bonds is 3. The van der Waals surface area contributed by atoms with Gasteiger partial charge in [-0.1, -0.05) is 35.9 Å². The summed E-state index contributed by atoms with van der Waals surface area (Å²) in [6.07, 6.45) is -2.99. The number of para-hydroxylation sites is 1. The Morgan fingerprint density at radius 1 is 1.09 bits per heavy atom. The molecular weight excluding hydrogens is 347 g/mol. The highest BCUT2D eigenvalue weighted by atomic mass is 35.5. The van der Waals surface area contributed by atoms with Gasteiger partial charge in [-0.05, 0) is 42.0 Å². The van der Waals surface area contributed by atoms with E-state index in [1.807, 2.05) is 0 Å². The molecule has 0 amide bonds. The Morgan fingerprint density at radius 2 is 1.74 bits per heavy atom. The van der Waals surface area contributed by atoms with Crippen LogP contribution < -0.4 is 10.7 Å². The Labute approximate surface area is 141 Å². The van der Waals surface area contributed by atoms with E-state index in [1.165, 1.54) is 24.4 Å². The topological polar surface area (TPSA) is 36.4 Å². The lowest BCUT2D eigenvalue weighted by Gasteiger charge is -2.14. The summed E-state index contributed by atoms with van der Waals surface area (Å²) in [7, 11) is 0. The van der Waals surface area contributed by atoms with Crippen LogP contribution in [0.3, 0.4) is 0 Å². The molecule has 120 valence electrons. The number of halogens is 4. The van der Waals surface area contributed by atoms with Crippen molar-refractivity contribution in [2.24, 2.45) is 5.10 Å². The minimum atomic E-state index is -4.47. The van der Waals surface area contributed by atoms with Gasteiger partial charge in [0.1, 0.15) is 0 Å². The monoisotopic (exact) mass is 357 g/mol. The first kappa shape index (κ1) is 17.2. The van der Waals surface area contributed by atoms with Crippen LogP contribution in [0.5, 0.6) is 0 Å². The lowest BCUT2D eigenvalue weighted by Crippen LogP contribution is -2.25. The summed E-state index contributed by atoms with van der Waals surface area (Å²) >= 11 is 10.7. The third-order valence-corrected chi connectivity index (χ3v) is 3.18. The second kappa shape index (κ2) is 7.43. The van der Waals surface area contributed by atoms with E-state index in [0.717, 1.165) is 11.6 Å². The van der Waals surface area contributed by atoms with Crippen LogP contribution >= 0.6 is 23.8 Å². The average molecular weight is 358 g/mol. The molecule has 0 heterocycles. The number of nitrogens with one attached hydrogen (secondary N) is 2. The molecule has 0 atom stereocenters. The van der Waals surface area contributed by atoms with Crippen molar-refractivity contribution in [3.8, 4) is 0 Å². The molecular formula is C15H11ClF3N3S. The molecule has 0 aromatic heterocycles. The molecule has 2 aromatic carbocycles. The Kier molecular flexibility index (Phi) is 5.57. The van der Waals surface area contributed by atoms with E-state index in [0.29, 0.717) is 5.02 Å². The first-order valence-electron chi connectivity index (χ1n) is 6.38. The van der Waals surface area contributed by atoms with Crippen LogP contribution in [0.1, 0.15) is 11.1 Å². The normalized spacial score (nSPS) is 11.5. The molecule has 0 saturated heterocycles. The van der Waals surface area contributed by atoms with Crippen molar-refractivity contribution in [2.45, 2.75) is 6.18 Å². The van der Waals surface area contributed by atoms with Crippen LogP contribution in [0.2, 0.25) is 5.02 Å². The SMILES string of the molecule is FC(F)(F)c1ccccc1NC(=S)N/N=C/c1ccc(Cl)cc1. The highest BCUT2D eigenvalue weighted by Crippen LogP contribution is 2.34. The predicted octanol–water partition coefficient (Wildman–Crippen LogP) is 4.68. The number of benzene rings is 2. The average Bonchev–Trinajstić information content (AvgIpc) is 2.49. The van der Waals surface area contributed by atoms with Gasteiger partial charge in [0.05, 0.1) is 17.5 Å². The summed E-state index contributed by atoms with van der Waals surface area (Å²) in [6, 6.07) is 11.9. The van der Waals surface area contributed by atoms with E-state index in [-0.39, 0.29) is 10.8 Å². The highest BCUT2D eigenvalue weighted by molar-refractivity contribution is 7.80. The molecule has 23 heavy (non-hydrogen) atoms. The smallest absolute Gasteiger partial charge is 0.331 e. The number of hydrogen-bond acceptors (Lipinski definition) is 2. The summed E-state index contributed by atoms with van der Waals surface area (Å²) in [4.78, 5) is 0. The van der Waals surface area contributed by atoms with Gasteiger partial charge in [0.2, 0.25) is 0 Å². The van der Waals surface area contributed by atoms with Gasteiger partial charge >= 0.3 is 6.18 Å². The van der Waals surface area contributed by atoms with Gasteiger partial charge in [-0.3, -0.25) is 5.43 Å². The van der Waals surface area contributed by atoms with E-state index in [4.69, 9.17) is 23.8 Å². The molecule has 0 fully saturated rings. The Bertz CT molecular complexity index is 715. The van der Waals surface area contributed by atoms with E-state index < -0.39 is 11.7 Å². The number of hydrogen-bond donors (Lipinski definition) is 2. The molecule has 3 nitrogen and oxygen atoms in total. The Morgan fingerprint density at radius 3 is 2.39 bits per heavy atom. The molecule has 0 spiro atoms. The minimum Gasteiger partial charge on any atom is -0.331 e. The van der Waals surface area contributed by atoms with E-state index in [9.17, 15) is 13.2 Å². The standard InChI is InChI=1S/C15H11ClF3N3S/c16-11-7-5-10(6-8-11)9-20-22-14(23)21-13-4-2-1-3-12(13)15(17,18)19/h1-9H,(H2,21,22,23)/b20-9+. The van der Waals surface area contributed by atoms with Crippen molar-refractivity contribution in [3.63, 3.8) is 0 Å². The van der Waals surface area contributed by atoms with Crippen LogP contribution in [-0.2, 0) is 6.18 Å². The predicted molar refractivity (Wildman–Crippen MR) is 89.8 cm³/mol. The van der Waals surface area contributed by atoms with Crippen LogP contribution in [0.15, 0.2) is 53.6 Å². The van der Waals surface area contributed by atoms with Gasteiger partial charge < -0.3 is 5.32 Å². The Balaban J connectivity index is 1.99. The zero-order valence-corrected chi connectivity index (χ0v) is 13.1. The Hall–Kier alpha value is -2.12. The third-order valence-electron chi connectivity index (χ3n) is 2.73. The summed E-state index contributed by atoms with van der Waals surface area (Å²) < 4.78 is 38.6. The van der Waals surface area contributed by atoms with Crippen LogP contribution in [-0.4, -0.2) is 11.3 Å². The zero-order chi connectivity index (χ0) is 16.9. The van der Waals surface area contributed by atoms with E-state index in [2.05, 4.69) is 15.8 Å². The molecule has 0 radical (unpaired) electrons. The number of nitrogens with zero attached hydrogens (tertiary/aromatic N) is 1. The van der Waals surface area contributed by atoms with Gasteiger partial charge in [-0.25, -0.2) is 0 Å². The van der Waals surface area contributed by atoms with E-state index in [1.54, 1.807) is 24.3 Å². The van der Waals surface area contributed by atoms with Crippen LogP contribution in [0, 0.1) is 0 Å². The number of thiocarbonyl (C=S) groups is 1. The van der Waals surface area contributed by atoms with Crippen molar-refractivity contribution in [3.05, 3.63) is 64.7 Å². The van der Waals surface area contributed by atoms with Crippen molar-refractivity contribution >= 4 is 40.8 Å². The number of hydrazone groups is 1. The summed E-state index contributed by atoms with van der Waals surface area (Å²) in [5.41, 5.74) is 2.29. The molecule has 0 aliphatic carbocycles. The molecule has 0 bridgehead atoms. The van der Waals surface area contributed by atoms with Gasteiger partial charge in [-0.2, -0.15) is 18.3 Å². The molecule has 0 aliphatic rings. The molecule has 0 unspecified atom stereocenters. The van der Waals surface area contributed by atoms with Crippen molar-refractivity contribution in [1.82, 2.24) is 5.43 Å². The van der Waals surface area contributed by atoms with E-state index >= 15 is 0 Å².